The van der Waals surface area contributed by atoms with Crippen LogP contribution in [0.2, 0.25) is 0 Å². The largest absolute Gasteiger partial charge is 0.393 e. The van der Waals surface area contributed by atoms with Crippen molar-refractivity contribution in [3.05, 3.63) is 35.1 Å². The molecule has 68 valence electrons. The van der Waals surface area contributed by atoms with E-state index in [9.17, 15) is 0 Å². The Kier molecular flexibility index (Phi) is 2.70. The number of aryl methyl sites for hydroxylation is 1. The standard InChI is InChI=1S/C9H11N3O/c1-7-5-11-13-9(7)8(10-2)6-12(3)4/h5-6H,1,3-4H3. The van der Waals surface area contributed by atoms with Gasteiger partial charge in [0.1, 0.15) is 0 Å². The van der Waals surface area contributed by atoms with E-state index in [1.807, 2.05) is 21.0 Å². The van der Waals surface area contributed by atoms with Crippen molar-refractivity contribution in [1.29, 1.82) is 0 Å². The molecule has 1 aromatic rings. The summed E-state index contributed by atoms with van der Waals surface area (Å²) < 4.78 is 4.96. The second-order valence-corrected chi connectivity index (χ2v) is 2.93. The van der Waals surface area contributed by atoms with E-state index in [2.05, 4.69) is 10.0 Å². The van der Waals surface area contributed by atoms with Crippen LogP contribution in [0.15, 0.2) is 16.9 Å². The van der Waals surface area contributed by atoms with E-state index in [0.29, 0.717) is 11.5 Å². The second kappa shape index (κ2) is 3.76. The molecule has 0 bridgehead atoms. The molecule has 0 aromatic carbocycles. The van der Waals surface area contributed by atoms with Crippen LogP contribution in [0.25, 0.3) is 10.5 Å². The summed E-state index contributed by atoms with van der Waals surface area (Å²) in [5.41, 5.74) is 1.35. The molecule has 1 aromatic heterocycles. The summed E-state index contributed by atoms with van der Waals surface area (Å²) in [7, 11) is 3.72. The van der Waals surface area contributed by atoms with Crippen LogP contribution < -0.4 is 0 Å². The maximum Gasteiger partial charge on any atom is 0.247 e. The van der Waals surface area contributed by atoms with Gasteiger partial charge in [-0.05, 0) is 6.92 Å². The lowest BCUT2D eigenvalue weighted by Gasteiger charge is -2.04. The van der Waals surface area contributed by atoms with Gasteiger partial charge in [-0.15, -0.1) is 0 Å². The summed E-state index contributed by atoms with van der Waals surface area (Å²) in [6.45, 7) is 8.83. The molecule has 0 spiro atoms. The van der Waals surface area contributed by atoms with Gasteiger partial charge in [-0.2, -0.15) is 0 Å². The van der Waals surface area contributed by atoms with Gasteiger partial charge in [0.25, 0.3) is 0 Å². The van der Waals surface area contributed by atoms with Crippen LogP contribution >= 0.6 is 0 Å². The van der Waals surface area contributed by atoms with E-state index in [1.54, 1.807) is 17.3 Å². The molecule has 0 aliphatic rings. The number of hydrogen-bond donors (Lipinski definition) is 0. The Labute approximate surface area is 77.3 Å². The van der Waals surface area contributed by atoms with Crippen molar-refractivity contribution in [3.63, 3.8) is 0 Å². The van der Waals surface area contributed by atoms with E-state index < -0.39 is 0 Å². The molecule has 1 heterocycles. The first-order chi connectivity index (χ1) is 6.15. The number of hydrogen-bond acceptors (Lipinski definition) is 3. The molecule has 0 fully saturated rings. The molecule has 0 aliphatic heterocycles. The molecule has 13 heavy (non-hydrogen) atoms. The van der Waals surface area contributed by atoms with Crippen LogP contribution in [0.4, 0.5) is 0 Å². The molecule has 0 unspecified atom stereocenters. The van der Waals surface area contributed by atoms with Crippen LogP contribution in [0.5, 0.6) is 0 Å². The summed E-state index contributed by atoms with van der Waals surface area (Å²) in [5.74, 6) is 0.545. The van der Waals surface area contributed by atoms with Gasteiger partial charge < -0.3 is 9.42 Å². The summed E-state index contributed by atoms with van der Waals surface area (Å²) >= 11 is 0. The zero-order chi connectivity index (χ0) is 9.84. The highest BCUT2D eigenvalue weighted by atomic mass is 16.5. The zero-order valence-corrected chi connectivity index (χ0v) is 7.90. The van der Waals surface area contributed by atoms with Crippen LogP contribution in [0.1, 0.15) is 11.3 Å². The highest BCUT2D eigenvalue weighted by molar-refractivity contribution is 5.68. The molecule has 4 nitrogen and oxygen atoms in total. The minimum atomic E-state index is 0.472. The average Bonchev–Trinajstić information content (AvgIpc) is 2.47. The molecule has 4 heteroatoms. The average molecular weight is 177 g/mol. The van der Waals surface area contributed by atoms with Crippen LogP contribution in [0, 0.1) is 13.5 Å². The lowest BCUT2D eigenvalue weighted by molar-refractivity contribution is 0.409. The Balaban J connectivity index is 3.07. The van der Waals surface area contributed by atoms with Crippen LogP contribution in [-0.2, 0) is 0 Å². The van der Waals surface area contributed by atoms with Crippen molar-refractivity contribution in [2.75, 3.05) is 14.1 Å². The normalized spacial score (nSPS) is 11.1. The zero-order valence-electron chi connectivity index (χ0n) is 7.90. The van der Waals surface area contributed by atoms with Gasteiger partial charge in [-0.3, -0.25) is 0 Å². The lowest BCUT2D eigenvalue weighted by Crippen LogP contribution is -2.01. The van der Waals surface area contributed by atoms with Crippen molar-refractivity contribution in [2.24, 2.45) is 0 Å². The van der Waals surface area contributed by atoms with E-state index in [1.165, 1.54) is 0 Å². The fraction of sp³-hybridized carbons (Fsp3) is 0.333. The molecular weight excluding hydrogens is 166 g/mol. The first-order valence-electron chi connectivity index (χ1n) is 3.82. The van der Waals surface area contributed by atoms with Crippen molar-refractivity contribution >= 4 is 5.70 Å². The van der Waals surface area contributed by atoms with Crippen molar-refractivity contribution in [1.82, 2.24) is 10.1 Å². The minimum Gasteiger partial charge on any atom is -0.393 e. The minimum absolute atomic E-state index is 0.472. The Bertz CT molecular complexity index is 357. The third-order valence-electron chi connectivity index (χ3n) is 1.48. The van der Waals surface area contributed by atoms with Gasteiger partial charge in [-0.1, -0.05) is 5.16 Å². The van der Waals surface area contributed by atoms with Crippen molar-refractivity contribution in [2.45, 2.75) is 6.92 Å². The maximum atomic E-state index is 6.97. The van der Waals surface area contributed by atoms with Gasteiger partial charge >= 0.3 is 0 Å². The fourth-order valence-corrected chi connectivity index (χ4v) is 0.920. The van der Waals surface area contributed by atoms with E-state index in [-0.39, 0.29) is 0 Å². The molecule has 0 N–H and O–H groups in total. The summed E-state index contributed by atoms with van der Waals surface area (Å²) in [6.07, 6.45) is 3.31. The molecule has 0 saturated carbocycles. The Morgan fingerprint density at radius 3 is 2.77 bits per heavy atom. The first-order valence-corrected chi connectivity index (χ1v) is 3.82. The Morgan fingerprint density at radius 1 is 1.69 bits per heavy atom. The third kappa shape index (κ3) is 2.09. The third-order valence-corrected chi connectivity index (χ3v) is 1.48. The number of rotatable bonds is 2. The molecule has 0 saturated heterocycles. The Morgan fingerprint density at radius 2 is 2.38 bits per heavy atom. The molecular formula is C9H11N3O. The molecule has 0 radical (unpaired) electrons. The number of nitrogens with zero attached hydrogens (tertiary/aromatic N) is 3. The summed E-state index contributed by atoms with van der Waals surface area (Å²) in [5, 5.41) is 3.62. The topological polar surface area (TPSA) is 33.6 Å². The quantitative estimate of drug-likeness (QED) is 0.645. The smallest absolute Gasteiger partial charge is 0.247 e. The number of aromatic nitrogens is 1. The molecule has 0 amide bonds. The molecule has 0 aliphatic carbocycles. The van der Waals surface area contributed by atoms with Crippen molar-refractivity contribution in [3.8, 4) is 0 Å². The van der Waals surface area contributed by atoms with Crippen LogP contribution in [-0.4, -0.2) is 24.2 Å². The van der Waals surface area contributed by atoms with Crippen LogP contribution in [0.3, 0.4) is 0 Å². The molecule has 1 rings (SSSR count). The maximum absolute atomic E-state index is 6.97. The SMILES string of the molecule is [C-]#[N+]C(=CN(C)C)c1oncc1C. The fourth-order valence-electron chi connectivity index (χ4n) is 0.920. The Hall–Kier alpha value is -1.76. The van der Waals surface area contributed by atoms with Gasteiger partial charge in [-0.25, -0.2) is 4.85 Å². The van der Waals surface area contributed by atoms with Gasteiger partial charge in [0.15, 0.2) is 5.76 Å². The van der Waals surface area contributed by atoms with Gasteiger partial charge in [0.05, 0.1) is 12.8 Å². The first kappa shape index (κ1) is 9.33. The van der Waals surface area contributed by atoms with E-state index in [4.69, 9.17) is 11.1 Å². The van der Waals surface area contributed by atoms with Crippen molar-refractivity contribution < 1.29 is 4.52 Å². The van der Waals surface area contributed by atoms with E-state index in [0.717, 1.165) is 5.56 Å². The lowest BCUT2D eigenvalue weighted by atomic mass is 10.2. The monoisotopic (exact) mass is 177 g/mol. The second-order valence-electron chi connectivity index (χ2n) is 2.93. The van der Waals surface area contributed by atoms with E-state index >= 15 is 0 Å². The molecule has 0 atom stereocenters. The predicted octanol–water partition coefficient (Wildman–Crippen LogP) is 1.76. The van der Waals surface area contributed by atoms with Gasteiger partial charge in [0, 0.05) is 25.9 Å². The summed E-state index contributed by atoms with van der Waals surface area (Å²) in [6, 6.07) is 0. The predicted molar refractivity (Wildman–Crippen MR) is 49.5 cm³/mol. The summed E-state index contributed by atoms with van der Waals surface area (Å²) in [4.78, 5) is 5.17. The van der Waals surface area contributed by atoms with Gasteiger partial charge in [0.2, 0.25) is 5.70 Å². The highest BCUT2D eigenvalue weighted by Gasteiger charge is 2.10. The highest BCUT2D eigenvalue weighted by Crippen LogP contribution is 2.19.